The van der Waals surface area contributed by atoms with Crippen LogP contribution in [0.2, 0.25) is 0 Å². The number of carbonyl (C=O) groups is 2. The van der Waals surface area contributed by atoms with E-state index >= 15 is 0 Å². The fraction of sp³-hybridized carbons (Fsp3) is 0.281. The van der Waals surface area contributed by atoms with Crippen LogP contribution in [0.5, 0.6) is 0 Å². The van der Waals surface area contributed by atoms with Crippen molar-refractivity contribution in [2.45, 2.75) is 32.4 Å². The number of amides is 2. The number of pyridine rings is 1. The maximum Gasteiger partial charge on any atom is 0.407 e. The quantitative estimate of drug-likeness (QED) is 0.247. The first-order chi connectivity index (χ1) is 21.0. The Balaban J connectivity index is 1.20. The molecule has 3 heterocycles. The molecule has 11 nitrogen and oxygen atoms in total. The number of hydrogen-bond acceptors (Lipinski definition) is 9. The summed E-state index contributed by atoms with van der Waals surface area (Å²) in [6.07, 6.45) is 5.94. The molecule has 43 heavy (non-hydrogen) atoms. The summed E-state index contributed by atoms with van der Waals surface area (Å²) in [6.45, 7) is 4.72. The predicted molar refractivity (Wildman–Crippen MR) is 165 cm³/mol. The zero-order chi connectivity index (χ0) is 30.0. The second-order valence-electron chi connectivity index (χ2n) is 10.1. The lowest BCUT2D eigenvalue weighted by Gasteiger charge is -2.37. The Labute approximate surface area is 250 Å². The number of aromatic nitrogens is 3. The Hall–Kier alpha value is -5.03. The average molecular weight is 582 g/mol. The molecule has 0 bridgehead atoms. The van der Waals surface area contributed by atoms with Crippen molar-refractivity contribution in [2.75, 3.05) is 42.3 Å². The van der Waals surface area contributed by atoms with Crippen molar-refractivity contribution in [1.82, 2.24) is 20.3 Å². The van der Waals surface area contributed by atoms with E-state index in [9.17, 15) is 9.59 Å². The van der Waals surface area contributed by atoms with Crippen molar-refractivity contribution in [3.05, 3.63) is 96.1 Å². The Morgan fingerprint density at radius 1 is 1.07 bits per heavy atom. The van der Waals surface area contributed by atoms with Gasteiger partial charge >= 0.3 is 6.09 Å². The Morgan fingerprint density at radius 2 is 1.88 bits per heavy atom. The van der Waals surface area contributed by atoms with E-state index in [-0.39, 0.29) is 24.2 Å². The largest absolute Gasteiger partial charge is 0.445 e. The van der Waals surface area contributed by atoms with E-state index < -0.39 is 12.0 Å². The molecule has 1 fully saturated rings. The molecule has 0 radical (unpaired) electrons. The number of nitrogens with two attached hydrogens (primary N) is 1. The van der Waals surface area contributed by atoms with Crippen LogP contribution in [-0.2, 0) is 22.5 Å². The second-order valence-corrected chi connectivity index (χ2v) is 10.1. The van der Waals surface area contributed by atoms with Gasteiger partial charge < -0.3 is 30.7 Å². The van der Waals surface area contributed by atoms with E-state index in [1.165, 1.54) is 0 Å². The van der Waals surface area contributed by atoms with Gasteiger partial charge in [0.25, 0.3) is 5.91 Å². The molecular weight excluding hydrogens is 546 g/mol. The van der Waals surface area contributed by atoms with Crippen molar-refractivity contribution in [1.29, 1.82) is 0 Å². The molecule has 1 unspecified atom stereocenters. The molecule has 222 valence electrons. The number of anilines is 3. The molecule has 11 heteroatoms. The van der Waals surface area contributed by atoms with Crippen molar-refractivity contribution in [3.63, 3.8) is 0 Å². The number of hydrogen-bond donors (Lipinski definition) is 3. The molecule has 1 aliphatic rings. The van der Waals surface area contributed by atoms with E-state index in [4.69, 9.17) is 15.2 Å². The molecule has 4 aromatic rings. The van der Waals surface area contributed by atoms with Crippen molar-refractivity contribution in [2.24, 2.45) is 0 Å². The van der Waals surface area contributed by atoms with Crippen LogP contribution in [0.25, 0.3) is 11.3 Å². The summed E-state index contributed by atoms with van der Waals surface area (Å²) in [4.78, 5) is 40.6. The lowest BCUT2D eigenvalue weighted by Crippen LogP contribution is -2.45. The van der Waals surface area contributed by atoms with Gasteiger partial charge in [-0.25, -0.2) is 14.8 Å². The molecule has 0 aliphatic carbocycles. The molecule has 1 aliphatic heterocycles. The van der Waals surface area contributed by atoms with E-state index in [0.717, 1.165) is 28.8 Å². The fourth-order valence-electron chi connectivity index (χ4n) is 4.86. The third-order valence-corrected chi connectivity index (χ3v) is 7.22. The van der Waals surface area contributed by atoms with Crippen LogP contribution in [0, 0.1) is 0 Å². The summed E-state index contributed by atoms with van der Waals surface area (Å²) in [5.41, 5.74) is 10.8. The highest BCUT2D eigenvalue weighted by Gasteiger charge is 2.25. The second kappa shape index (κ2) is 14.2. The van der Waals surface area contributed by atoms with Gasteiger partial charge in [-0.1, -0.05) is 61.5 Å². The fourth-order valence-corrected chi connectivity index (χ4v) is 4.86. The Morgan fingerprint density at radius 3 is 2.67 bits per heavy atom. The minimum Gasteiger partial charge on any atom is -0.445 e. The number of rotatable bonds is 10. The molecule has 2 aromatic heterocycles. The maximum absolute atomic E-state index is 13.3. The van der Waals surface area contributed by atoms with Gasteiger partial charge in [0.05, 0.1) is 48.7 Å². The van der Waals surface area contributed by atoms with Gasteiger partial charge in [0.1, 0.15) is 6.61 Å². The number of carbonyl (C=O) groups excluding carboxylic acids is 2. The van der Waals surface area contributed by atoms with Crippen molar-refractivity contribution in [3.8, 4) is 11.3 Å². The number of nitrogens with one attached hydrogen (secondary N) is 2. The van der Waals surface area contributed by atoms with Gasteiger partial charge in [-0.2, -0.15) is 0 Å². The van der Waals surface area contributed by atoms with E-state index in [1.54, 1.807) is 18.6 Å². The summed E-state index contributed by atoms with van der Waals surface area (Å²) in [5, 5.41) is 5.71. The number of nitrogen functional groups attached to an aromatic ring is 1. The number of benzene rings is 2. The standard InChI is InChI=1S/C32H35N7O4/c1-2-25-21-42-17-16-39(25)28-13-14-34-18-27(28)38-31(40)29-30(33)36-19-26(37-29)24-10-8-22(9-11-24)12-15-35-32(41)43-20-23-6-4-3-5-7-23/h3-11,13-14,18-19,25H,2,12,15-17,20-21H2,1H3,(H2,33,36)(H,35,41)(H,38,40). The number of alkyl carbamates (subject to hydrolysis) is 1. The van der Waals surface area contributed by atoms with E-state index in [1.807, 2.05) is 60.7 Å². The topological polar surface area (TPSA) is 145 Å². The summed E-state index contributed by atoms with van der Waals surface area (Å²) >= 11 is 0. The van der Waals surface area contributed by atoms with Gasteiger partial charge in [0, 0.05) is 24.8 Å². The van der Waals surface area contributed by atoms with Crippen LogP contribution in [-0.4, -0.2) is 59.3 Å². The molecule has 1 saturated heterocycles. The zero-order valence-corrected chi connectivity index (χ0v) is 24.0. The first-order valence-corrected chi connectivity index (χ1v) is 14.3. The van der Waals surface area contributed by atoms with Crippen LogP contribution < -0.4 is 21.3 Å². The van der Waals surface area contributed by atoms with Crippen LogP contribution in [0.1, 0.15) is 35.0 Å². The number of ether oxygens (including phenoxy) is 2. The van der Waals surface area contributed by atoms with E-state index in [0.29, 0.717) is 44.1 Å². The molecule has 0 saturated carbocycles. The first kappa shape index (κ1) is 29.5. The molecule has 1 atom stereocenters. The summed E-state index contributed by atoms with van der Waals surface area (Å²) < 4.78 is 10.9. The summed E-state index contributed by atoms with van der Waals surface area (Å²) in [7, 11) is 0. The highest BCUT2D eigenvalue weighted by molar-refractivity contribution is 6.07. The van der Waals surface area contributed by atoms with Crippen LogP contribution in [0.3, 0.4) is 0 Å². The monoisotopic (exact) mass is 581 g/mol. The van der Waals surface area contributed by atoms with Crippen molar-refractivity contribution < 1.29 is 19.1 Å². The smallest absolute Gasteiger partial charge is 0.407 e. The normalized spacial score (nSPS) is 14.6. The van der Waals surface area contributed by atoms with Gasteiger partial charge in [0.15, 0.2) is 11.5 Å². The Bertz CT molecular complexity index is 1530. The molecule has 2 amide bonds. The molecule has 2 aromatic carbocycles. The molecule has 5 rings (SSSR count). The highest BCUT2D eigenvalue weighted by atomic mass is 16.5. The average Bonchev–Trinajstić information content (AvgIpc) is 3.05. The van der Waals surface area contributed by atoms with Gasteiger partial charge in [0.2, 0.25) is 0 Å². The molecular formula is C32H35N7O4. The SMILES string of the molecule is CCC1COCCN1c1ccncc1NC(=O)c1nc(-c2ccc(CCNC(=O)OCc3ccccc3)cc2)cnc1N. The third-order valence-electron chi connectivity index (χ3n) is 7.22. The summed E-state index contributed by atoms with van der Waals surface area (Å²) in [5.74, 6) is -0.435. The predicted octanol–water partition coefficient (Wildman–Crippen LogP) is 4.46. The zero-order valence-electron chi connectivity index (χ0n) is 24.0. The molecule has 0 spiro atoms. The van der Waals surface area contributed by atoms with Crippen LogP contribution >= 0.6 is 0 Å². The molecule has 4 N–H and O–H groups in total. The highest BCUT2D eigenvalue weighted by Crippen LogP contribution is 2.29. The number of morpholine rings is 1. The van der Waals surface area contributed by atoms with Crippen molar-refractivity contribution >= 4 is 29.2 Å². The van der Waals surface area contributed by atoms with Gasteiger partial charge in [-0.15, -0.1) is 0 Å². The number of nitrogens with zero attached hydrogens (tertiary/aromatic N) is 4. The third kappa shape index (κ3) is 7.63. The Kier molecular flexibility index (Phi) is 9.75. The van der Waals surface area contributed by atoms with Crippen LogP contribution in [0.15, 0.2) is 79.3 Å². The summed E-state index contributed by atoms with van der Waals surface area (Å²) in [6, 6.07) is 19.3. The minimum absolute atomic E-state index is 0.0311. The van der Waals surface area contributed by atoms with E-state index in [2.05, 4.69) is 37.4 Å². The maximum atomic E-state index is 13.3. The first-order valence-electron chi connectivity index (χ1n) is 14.3. The van der Waals surface area contributed by atoms with Crippen LogP contribution in [0.4, 0.5) is 22.0 Å². The van der Waals surface area contributed by atoms with Gasteiger partial charge in [-0.05, 0) is 30.0 Å². The minimum atomic E-state index is -0.468. The van der Waals surface area contributed by atoms with Gasteiger partial charge in [-0.3, -0.25) is 9.78 Å². The lowest BCUT2D eigenvalue weighted by atomic mass is 10.1. The lowest BCUT2D eigenvalue weighted by molar-refractivity contribution is 0.0930.